The van der Waals surface area contributed by atoms with Gasteiger partial charge in [-0.25, -0.2) is 4.98 Å². The minimum absolute atomic E-state index is 0.528. The van der Waals surface area contributed by atoms with Gasteiger partial charge in [-0.1, -0.05) is 0 Å². The molecule has 1 atom stereocenters. The summed E-state index contributed by atoms with van der Waals surface area (Å²) in [5.74, 6) is 1.52. The third-order valence-corrected chi connectivity index (χ3v) is 2.28. The summed E-state index contributed by atoms with van der Waals surface area (Å²) in [5.41, 5.74) is 0. The first-order valence-corrected chi connectivity index (χ1v) is 4.42. The summed E-state index contributed by atoms with van der Waals surface area (Å²) in [6, 6.07) is 0. The molecule has 0 saturated carbocycles. The van der Waals surface area contributed by atoms with Gasteiger partial charge in [0.1, 0.15) is 6.33 Å². The minimum Gasteiger partial charge on any atom is -0.316 e. The van der Waals surface area contributed by atoms with Gasteiger partial charge >= 0.3 is 0 Å². The van der Waals surface area contributed by atoms with E-state index in [1.54, 1.807) is 11.0 Å². The molecule has 1 aromatic heterocycles. The molecular formula is C8H14N4. The third-order valence-electron chi connectivity index (χ3n) is 2.28. The number of nitrogens with one attached hydrogen (secondary N) is 1. The molecule has 2 rings (SSSR count). The van der Waals surface area contributed by atoms with Gasteiger partial charge in [0.2, 0.25) is 0 Å². The Bertz CT molecular complexity index is 249. The highest BCUT2D eigenvalue weighted by Crippen LogP contribution is 2.18. The number of rotatable bonds is 1. The number of piperidine rings is 1. The van der Waals surface area contributed by atoms with E-state index < -0.39 is 0 Å². The Kier molecular flexibility index (Phi) is 2.08. The van der Waals surface area contributed by atoms with Crippen molar-refractivity contribution in [1.29, 1.82) is 0 Å². The fourth-order valence-corrected chi connectivity index (χ4v) is 1.62. The van der Waals surface area contributed by atoms with Crippen molar-refractivity contribution in [3.05, 3.63) is 12.2 Å². The summed E-state index contributed by atoms with van der Waals surface area (Å²) < 4.78 is 1.77. The Hall–Kier alpha value is -0.900. The van der Waals surface area contributed by atoms with Crippen molar-refractivity contribution in [2.45, 2.75) is 18.8 Å². The van der Waals surface area contributed by atoms with Crippen LogP contribution in [-0.2, 0) is 7.05 Å². The third kappa shape index (κ3) is 1.48. The predicted molar refractivity (Wildman–Crippen MR) is 45.8 cm³/mol. The quantitative estimate of drug-likeness (QED) is 0.651. The molecule has 1 aliphatic heterocycles. The summed E-state index contributed by atoms with van der Waals surface area (Å²) in [6.45, 7) is 2.17. The Morgan fingerprint density at radius 3 is 3.17 bits per heavy atom. The molecule has 0 radical (unpaired) electrons. The fraction of sp³-hybridized carbons (Fsp3) is 0.750. The SMILES string of the molecule is Cn1cnc(C2CCCNC2)n1. The highest BCUT2D eigenvalue weighted by molar-refractivity contribution is 4.96. The van der Waals surface area contributed by atoms with Crippen molar-refractivity contribution in [2.75, 3.05) is 13.1 Å². The topological polar surface area (TPSA) is 42.7 Å². The number of hydrogen-bond donors (Lipinski definition) is 1. The van der Waals surface area contributed by atoms with Crippen LogP contribution in [0.25, 0.3) is 0 Å². The first kappa shape index (κ1) is 7.73. The van der Waals surface area contributed by atoms with Crippen LogP contribution < -0.4 is 5.32 Å². The number of hydrogen-bond acceptors (Lipinski definition) is 3. The molecule has 66 valence electrons. The maximum absolute atomic E-state index is 4.30. The molecule has 1 unspecified atom stereocenters. The largest absolute Gasteiger partial charge is 0.316 e. The molecule has 0 aromatic carbocycles. The smallest absolute Gasteiger partial charge is 0.154 e. The summed E-state index contributed by atoms with van der Waals surface area (Å²) in [4.78, 5) is 4.25. The molecule has 0 aliphatic carbocycles. The second kappa shape index (κ2) is 3.23. The first-order valence-electron chi connectivity index (χ1n) is 4.42. The molecular weight excluding hydrogens is 152 g/mol. The van der Waals surface area contributed by atoms with Crippen molar-refractivity contribution in [1.82, 2.24) is 20.1 Å². The van der Waals surface area contributed by atoms with E-state index in [1.807, 2.05) is 7.05 Å². The lowest BCUT2D eigenvalue weighted by molar-refractivity contribution is 0.445. The second-order valence-electron chi connectivity index (χ2n) is 3.32. The molecule has 0 spiro atoms. The molecule has 1 fully saturated rings. The molecule has 4 nitrogen and oxygen atoms in total. The van der Waals surface area contributed by atoms with Gasteiger partial charge in [0.15, 0.2) is 5.82 Å². The van der Waals surface area contributed by atoms with Crippen LogP contribution in [0.15, 0.2) is 6.33 Å². The van der Waals surface area contributed by atoms with Crippen LogP contribution >= 0.6 is 0 Å². The fourth-order valence-electron chi connectivity index (χ4n) is 1.62. The lowest BCUT2D eigenvalue weighted by Gasteiger charge is -2.19. The molecule has 12 heavy (non-hydrogen) atoms. The van der Waals surface area contributed by atoms with Crippen LogP contribution in [-0.4, -0.2) is 27.9 Å². The average molecular weight is 166 g/mol. The maximum atomic E-state index is 4.30. The van der Waals surface area contributed by atoms with Crippen LogP contribution in [0.5, 0.6) is 0 Å². The van der Waals surface area contributed by atoms with Crippen LogP contribution in [0.1, 0.15) is 24.6 Å². The predicted octanol–water partition coefficient (Wildman–Crippen LogP) is 0.282. The van der Waals surface area contributed by atoms with Gasteiger partial charge in [0, 0.05) is 19.5 Å². The van der Waals surface area contributed by atoms with Crippen molar-refractivity contribution in [2.24, 2.45) is 7.05 Å². The van der Waals surface area contributed by atoms with Crippen molar-refractivity contribution >= 4 is 0 Å². The van der Waals surface area contributed by atoms with Crippen LogP contribution in [0, 0.1) is 0 Å². The second-order valence-corrected chi connectivity index (χ2v) is 3.32. The van der Waals surface area contributed by atoms with E-state index >= 15 is 0 Å². The van der Waals surface area contributed by atoms with Gasteiger partial charge < -0.3 is 5.32 Å². The minimum atomic E-state index is 0.528. The Labute approximate surface area is 72.0 Å². The van der Waals surface area contributed by atoms with Crippen LogP contribution in [0.3, 0.4) is 0 Å². The summed E-state index contributed by atoms with van der Waals surface area (Å²) in [5, 5.41) is 7.65. The lowest BCUT2D eigenvalue weighted by Crippen LogP contribution is -2.29. The number of aromatic nitrogens is 3. The van der Waals surface area contributed by atoms with Gasteiger partial charge in [0.05, 0.1) is 0 Å². The summed E-state index contributed by atoms with van der Waals surface area (Å²) >= 11 is 0. The molecule has 2 heterocycles. The molecule has 1 aliphatic rings. The monoisotopic (exact) mass is 166 g/mol. The van der Waals surface area contributed by atoms with Crippen molar-refractivity contribution in [3.63, 3.8) is 0 Å². The Morgan fingerprint density at radius 1 is 1.67 bits per heavy atom. The van der Waals surface area contributed by atoms with Gasteiger partial charge in [-0.05, 0) is 19.4 Å². The van der Waals surface area contributed by atoms with Crippen molar-refractivity contribution in [3.8, 4) is 0 Å². The van der Waals surface area contributed by atoms with Gasteiger partial charge in [-0.2, -0.15) is 5.10 Å². The van der Waals surface area contributed by atoms with Crippen LogP contribution in [0.2, 0.25) is 0 Å². The molecule has 0 bridgehead atoms. The normalized spacial score (nSPS) is 24.2. The van der Waals surface area contributed by atoms with E-state index in [0.717, 1.165) is 18.9 Å². The zero-order valence-electron chi connectivity index (χ0n) is 7.32. The van der Waals surface area contributed by atoms with Crippen molar-refractivity contribution < 1.29 is 0 Å². The zero-order valence-corrected chi connectivity index (χ0v) is 7.32. The van der Waals surface area contributed by atoms with E-state index in [-0.39, 0.29) is 0 Å². The van der Waals surface area contributed by atoms with E-state index in [9.17, 15) is 0 Å². The van der Waals surface area contributed by atoms with Gasteiger partial charge in [0.25, 0.3) is 0 Å². The standard InChI is InChI=1S/C8H14N4/c1-12-6-10-8(11-12)7-3-2-4-9-5-7/h6-7,9H,2-5H2,1H3. The van der Waals surface area contributed by atoms with Gasteiger partial charge in [-0.3, -0.25) is 4.68 Å². The highest BCUT2D eigenvalue weighted by Gasteiger charge is 2.18. The summed E-state index contributed by atoms with van der Waals surface area (Å²) in [7, 11) is 1.91. The molecule has 0 amide bonds. The zero-order chi connectivity index (χ0) is 8.39. The molecule has 4 heteroatoms. The van der Waals surface area contributed by atoms with Crippen LogP contribution in [0.4, 0.5) is 0 Å². The van der Waals surface area contributed by atoms with Gasteiger partial charge in [-0.15, -0.1) is 0 Å². The number of nitrogens with zero attached hydrogens (tertiary/aromatic N) is 3. The molecule has 1 N–H and O–H groups in total. The lowest BCUT2D eigenvalue weighted by atomic mass is 9.99. The maximum Gasteiger partial charge on any atom is 0.154 e. The average Bonchev–Trinajstić information content (AvgIpc) is 2.54. The van der Waals surface area contributed by atoms with E-state index in [0.29, 0.717) is 5.92 Å². The Morgan fingerprint density at radius 2 is 2.58 bits per heavy atom. The summed E-state index contributed by atoms with van der Waals surface area (Å²) in [6.07, 6.45) is 4.23. The highest BCUT2D eigenvalue weighted by atomic mass is 15.3. The first-order chi connectivity index (χ1) is 5.86. The number of aryl methyl sites for hydroxylation is 1. The molecule has 1 aromatic rings. The van der Waals surface area contributed by atoms with E-state index in [4.69, 9.17) is 0 Å². The van der Waals surface area contributed by atoms with E-state index in [1.165, 1.54) is 12.8 Å². The van der Waals surface area contributed by atoms with E-state index in [2.05, 4.69) is 15.4 Å². The Balaban J connectivity index is 2.08. The molecule has 1 saturated heterocycles.